The number of amides is 1. The van der Waals surface area contributed by atoms with Crippen LogP contribution in [0.2, 0.25) is 0 Å². The second kappa shape index (κ2) is 8.80. The van der Waals surface area contributed by atoms with Crippen LogP contribution in [0.3, 0.4) is 0 Å². The fourth-order valence-electron chi connectivity index (χ4n) is 2.71. The number of hydrogen-bond acceptors (Lipinski definition) is 4. The van der Waals surface area contributed by atoms with Crippen molar-refractivity contribution in [3.05, 3.63) is 60.4 Å². The van der Waals surface area contributed by atoms with Crippen molar-refractivity contribution in [1.29, 1.82) is 0 Å². The van der Waals surface area contributed by atoms with Gasteiger partial charge in [-0.25, -0.2) is 9.67 Å². The summed E-state index contributed by atoms with van der Waals surface area (Å²) in [6, 6.07) is 13.0. The number of halogens is 4. The van der Waals surface area contributed by atoms with E-state index in [1.165, 1.54) is 35.3 Å². The molecule has 0 saturated carbocycles. The molecule has 1 unspecified atom stereocenters. The molecule has 0 bridgehead atoms. The summed E-state index contributed by atoms with van der Waals surface area (Å²) >= 11 is 1.70. The molecule has 1 heterocycles. The predicted molar refractivity (Wildman–Crippen MR) is 109 cm³/mol. The van der Waals surface area contributed by atoms with Crippen molar-refractivity contribution >= 4 is 26.5 Å². The Morgan fingerprint density at radius 1 is 1.17 bits per heavy atom. The molecule has 3 aromatic rings. The van der Waals surface area contributed by atoms with Crippen LogP contribution in [0.15, 0.2) is 54.9 Å². The van der Waals surface area contributed by atoms with Crippen molar-refractivity contribution in [3.63, 3.8) is 0 Å². The molecule has 1 N–H and O–H groups in total. The van der Waals surface area contributed by atoms with Crippen LogP contribution < -0.4 is 10.1 Å². The largest absolute Gasteiger partial charge is 0.573 e. The first-order valence-corrected chi connectivity index (χ1v) is 9.60. The highest BCUT2D eigenvalue weighted by Gasteiger charge is 2.31. The summed E-state index contributed by atoms with van der Waals surface area (Å²) in [6.07, 6.45) is -2.54. The Bertz CT molecular complexity index is 972. The number of carbonyl (C=O) groups is 1. The summed E-state index contributed by atoms with van der Waals surface area (Å²) in [5, 5.41) is 7.19. The highest BCUT2D eigenvalue weighted by atomic mass is 127. The molecule has 1 aromatic heterocycles. The first-order valence-electron chi connectivity index (χ1n) is 8.53. The van der Waals surface area contributed by atoms with Crippen molar-refractivity contribution in [2.75, 3.05) is 0 Å². The normalized spacial score (nSPS) is 12.4. The van der Waals surface area contributed by atoms with Gasteiger partial charge in [0.15, 0.2) is 5.82 Å². The molecule has 0 radical (unpaired) electrons. The highest BCUT2D eigenvalue weighted by molar-refractivity contribution is 14.1. The monoisotopic (exact) mass is 516 g/mol. The smallest absolute Gasteiger partial charge is 0.406 e. The summed E-state index contributed by atoms with van der Waals surface area (Å²) in [5.74, 6) is 0.186. The first-order chi connectivity index (χ1) is 13.7. The molecular formula is C19H16F3IN4O2. The lowest BCUT2D eigenvalue weighted by Crippen LogP contribution is -2.29. The first kappa shape index (κ1) is 21.1. The summed E-state index contributed by atoms with van der Waals surface area (Å²) in [6.45, 7) is 1.93. The Hall–Kier alpha value is -2.63. The second-order valence-corrected chi connectivity index (χ2v) is 7.25. The van der Waals surface area contributed by atoms with Gasteiger partial charge in [-0.15, -0.1) is 18.3 Å². The van der Waals surface area contributed by atoms with Crippen LogP contribution in [-0.2, 0) is 6.42 Å². The van der Waals surface area contributed by atoms with Gasteiger partial charge in [0.1, 0.15) is 12.1 Å². The Kier molecular flexibility index (Phi) is 6.40. The van der Waals surface area contributed by atoms with E-state index >= 15 is 0 Å². The van der Waals surface area contributed by atoms with Crippen LogP contribution in [0.1, 0.15) is 12.5 Å². The minimum Gasteiger partial charge on any atom is -0.406 e. The minimum absolute atomic E-state index is 0.0203. The van der Waals surface area contributed by atoms with E-state index in [-0.39, 0.29) is 15.7 Å². The Labute approximate surface area is 178 Å². The molecule has 0 aliphatic heterocycles. The average Bonchev–Trinajstić information content (AvgIpc) is 3.11. The van der Waals surface area contributed by atoms with Crippen LogP contribution in [0.4, 0.5) is 18.0 Å². The standard InChI is InChI=1S/C19H16F3IN4O2/c1-12(25-18(23)28)10-13-2-4-14(5-3-13)17-24-11-27(26-17)15-6-8-16(9-7-15)29-19(20,21)22/h2-9,11-12H,10H2,1H3,(H,25,28). The highest BCUT2D eigenvalue weighted by Crippen LogP contribution is 2.24. The van der Waals surface area contributed by atoms with E-state index in [2.05, 4.69) is 20.1 Å². The van der Waals surface area contributed by atoms with Gasteiger partial charge < -0.3 is 10.1 Å². The number of aromatic nitrogens is 3. The molecule has 6 nitrogen and oxygen atoms in total. The van der Waals surface area contributed by atoms with Gasteiger partial charge in [0.2, 0.25) is 0 Å². The van der Waals surface area contributed by atoms with E-state index in [0.29, 0.717) is 17.9 Å². The lowest BCUT2D eigenvalue weighted by atomic mass is 10.1. The maximum atomic E-state index is 12.2. The number of ether oxygens (including phenoxy) is 1. The van der Waals surface area contributed by atoms with E-state index in [1.54, 1.807) is 22.6 Å². The van der Waals surface area contributed by atoms with Crippen molar-refractivity contribution < 1.29 is 22.7 Å². The Morgan fingerprint density at radius 3 is 2.41 bits per heavy atom. The molecule has 0 spiro atoms. The third-order valence-electron chi connectivity index (χ3n) is 3.94. The summed E-state index contributed by atoms with van der Waals surface area (Å²) in [7, 11) is 0. The third kappa shape index (κ3) is 6.17. The Morgan fingerprint density at radius 2 is 1.83 bits per heavy atom. The zero-order valence-electron chi connectivity index (χ0n) is 15.2. The van der Waals surface area contributed by atoms with E-state index in [9.17, 15) is 18.0 Å². The van der Waals surface area contributed by atoms with Crippen molar-refractivity contribution in [2.45, 2.75) is 25.7 Å². The molecular weight excluding hydrogens is 500 g/mol. The third-order valence-corrected chi connectivity index (χ3v) is 4.25. The molecule has 152 valence electrons. The molecule has 10 heteroatoms. The van der Waals surface area contributed by atoms with Gasteiger partial charge in [-0.05, 0) is 43.2 Å². The molecule has 0 aliphatic carbocycles. The van der Waals surface area contributed by atoms with Gasteiger partial charge >= 0.3 is 6.36 Å². The zero-order chi connectivity index (χ0) is 21.0. The topological polar surface area (TPSA) is 69.0 Å². The molecule has 0 fully saturated rings. The summed E-state index contributed by atoms with van der Waals surface area (Å²) < 4.78 is 42.0. The van der Waals surface area contributed by atoms with E-state index in [1.807, 2.05) is 31.2 Å². The number of nitrogens with one attached hydrogen (secondary N) is 1. The van der Waals surface area contributed by atoms with Gasteiger partial charge in [0.05, 0.1) is 5.69 Å². The number of rotatable bonds is 6. The zero-order valence-corrected chi connectivity index (χ0v) is 17.3. The van der Waals surface area contributed by atoms with Crippen LogP contribution >= 0.6 is 22.6 Å². The van der Waals surface area contributed by atoms with Crippen molar-refractivity contribution in [2.24, 2.45) is 0 Å². The quantitative estimate of drug-likeness (QED) is 0.287. The molecule has 3 rings (SSSR count). The van der Waals surface area contributed by atoms with Crippen LogP contribution in [0, 0.1) is 0 Å². The van der Waals surface area contributed by atoms with E-state index < -0.39 is 6.36 Å². The summed E-state index contributed by atoms with van der Waals surface area (Å²) in [5.41, 5.74) is 2.42. The van der Waals surface area contributed by atoms with Crippen molar-refractivity contribution in [1.82, 2.24) is 20.1 Å². The van der Waals surface area contributed by atoms with E-state index in [0.717, 1.165) is 11.1 Å². The van der Waals surface area contributed by atoms with Gasteiger partial charge in [0, 0.05) is 34.2 Å². The fourth-order valence-corrected chi connectivity index (χ4v) is 3.24. The van der Waals surface area contributed by atoms with Crippen LogP contribution in [0.25, 0.3) is 17.1 Å². The van der Waals surface area contributed by atoms with Gasteiger partial charge in [-0.3, -0.25) is 4.79 Å². The summed E-state index contributed by atoms with van der Waals surface area (Å²) in [4.78, 5) is 15.3. The van der Waals surface area contributed by atoms with Crippen LogP contribution in [0.5, 0.6) is 5.75 Å². The lowest BCUT2D eigenvalue weighted by Gasteiger charge is -2.11. The predicted octanol–water partition coefficient (Wildman–Crippen LogP) is 4.91. The SMILES string of the molecule is CC(Cc1ccc(-c2ncn(-c3ccc(OC(F)(F)F)cc3)n2)cc1)NC(=O)I. The van der Waals surface area contributed by atoms with Crippen molar-refractivity contribution in [3.8, 4) is 22.8 Å². The molecule has 1 amide bonds. The maximum Gasteiger partial charge on any atom is 0.573 e. The number of benzene rings is 2. The number of carbonyl (C=O) groups excluding carboxylic acids is 1. The van der Waals surface area contributed by atoms with Crippen LogP contribution in [-0.4, -0.2) is 31.1 Å². The maximum absolute atomic E-state index is 12.2. The minimum atomic E-state index is -4.73. The molecule has 0 saturated heterocycles. The molecule has 1 atom stereocenters. The second-order valence-electron chi connectivity index (χ2n) is 6.27. The average molecular weight is 516 g/mol. The molecule has 0 aliphatic rings. The fraction of sp³-hybridized carbons (Fsp3) is 0.211. The molecule has 29 heavy (non-hydrogen) atoms. The van der Waals surface area contributed by atoms with Gasteiger partial charge in [-0.2, -0.15) is 0 Å². The number of nitrogens with zero attached hydrogens (tertiary/aromatic N) is 3. The number of alkyl halides is 3. The lowest BCUT2D eigenvalue weighted by molar-refractivity contribution is -0.274. The van der Waals surface area contributed by atoms with Gasteiger partial charge in [0.25, 0.3) is 3.91 Å². The van der Waals surface area contributed by atoms with E-state index in [4.69, 9.17) is 0 Å². The van der Waals surface area contributed by atoms with Gasteiger partial charge in [-0.1, -0.05) is 24.3 Å². The number of hydrogen-bond donors (Lipinski definition) is 1. The molecule has 2 aromatic carbocycles. The Balaban J connectivity index is 1.69.